The van der Waals surface area contributed by atoms with E-state index in [0.29, 0.717) is 16.9 Å². The van der Waals surface area contributed by atoms with Gasteiger partial charge in [0, 0.05) is 11.4 Å². The van der Waals surface area contributed by atoms with Gasteiger partial charge in [0.2, 0.25) is 0 Å². The van der Waals surface area contributed by atoms with Crippen LogP contribution < -0.4 is 10.6 Å². The number of aromatic nitrogens is 1. The first-order valence-corrected chi connectivity index (χ1v) is 9.47. The van der Waals surface area contributed by atoms with E-state index < -0.39 is 11.8 Å². The quantitative estimate of drug-likeness (QED) is 0.663. The number of carbonyl (C=O) groups is 2. The molecule has 1 heterocycles. The van der Waals surface area contributed by atoms with Gasteiger partial charge in [0.25, 0.3) is 11.8 Å². The third-order valence-corrected chi connectivity index (χ3v) is 4.47. The minimum Gasteiger partial charge on any atom is -0.321 e. The van der Waals surface area contributed by atoms with Crippen LogP contribution in [-0.4, -0.2) is 16.8 Å². The molecular formula is C24H22N4O2. The summed E-state index contributed by atoms with van der Waals surface area (Å²) in [6, 6.07) is 20.9. The van der Waals surface area contributed by atoms with Gasteiger partial charge in [-0.15, -0.1) is 0 Å². The Labute approximate surface area is 175 Å². The second kappa shape index (κ2) is 8.58. The Hall–Kier alpha value is -3.98. The molecule has 0 atom stereocenters. The molecule has 3 aromatic rings. The maximum Gasteiger partial charge on any atom is 0.274 e. The Bertz CT molecular complexity index is 1120. The fourth-order valence-corrected chi connectivity index (χ4v) is 2.80. The molecule has 0 spiro atoms. The van der Waals surface area contributed by atoms with Gasteiger partial charge in [-0.3, -0.25) is 9.59 Å². The summed E-state index contributed by atoms with van der Waals surface area (Å²) >= 11 is 0. The van der Waals surface area contributed by atoms with Crippen LogP contribution >= 0.6 is 0 Å². The molecule has 0 radical (unpaired) electrons. The predicted molar refractivity (Wildman–Crippen MR) is 116 cm³/mol. The molecule has 0 saturated carbocycles. The SMILES string of the molecule is CC(C)(C)c1ccc(NC(=O)c2cccc(C(=O)Nc3cccc(C#N)c3)n2)cc1. The number of nitrogens with zero attached hydrogens (tertiary/aromatic N) is 2. The van der Waals surface area contributed by atoms with Crippen LogP contribution in [0.25, 0.3) is 0 Å². The average molecular weight is 398 g/mol. The Morgan fingerprint density at radius 1 is 0.833 bits per heavy atom. The van der Waals surface area contributed by atoms with Crippen molar-refractivity contribution in [3.05, 3.63) is 89.2 Å². The van der Waals surface area contributed by atoms with Crippen molar-refractivity contribution in [3.63, 3.8) is 0 Å². The molecule has 0 fully saturated rings. The number of carbonyl (C=O) groups excluding carboxylic acids is 2. The topological polar surface area (TPSA) is 94.9 Å². The molecular weight excluding hydrogens is 376 g/mol. The van der Waals surface area contributed by atoms with Crippen LogP contribution in [0.3, 0.4) is 0 Å². The van der Waals surface area contributed by atoms with Crippen molar-refractivity contribution in [2.45, 2.75) is 26.2 Å². The first-order valence-electron chi connectivity index (χ1n) is 9.47. The Morgan fingerprint density at radius 2 is 1.40 bits per heavy atom. The monoisotopic (exact) mass is 398 g/mol. The second-order valence-corrected chi connectivity index (χ2v) is 7.84. The van der Waals surface area contributed by atoms with Crippen LogP contribution in [0.15, 0.2) is 66.7 Å². The van der Waals surface area contributed by atoms with E-state index in [1.807, 2.05) is 30.3 Å². The molecule has 0 unspecified atom stereocenters. The molecule has 2 aromatic carbocycles. The molecule has 2 N–H and O–H groups in total. The molecule has 6 nitrogen and oxygen atoms in total. The van der Waals surface area contributed by atoms with Gasteiger partial charge in [-0.1, -0.05) is 45.0 Å². The first kappa shape index (κ1) is 20.7. The van der Waals surface area contributed by atoms with Crippen molar-refractivity contribution in [3.8, 4) is 6.07 Å². The lowest BCUT2D eigenvalue weighted by molar-refractivity contribution is 0.101. The van der Waals surface area contributed by atoms with E-state index in [-0.39, 0.29) is 16.8 Å². The lowest BCUT2D eigenvalue weighted by atomic mass is 9.87. The van der Waals surface area contributed by atoms with Gasteiger partial charge in [-0.25, -0.2) is 4.98 Å². The van der Waals surface area contributed by atoms with E-state index >= 15 is 0 Å². The third-order valence-electron chi connectivity index (χ3n) is 4.47. The number of nitrogens with one attached hydrogen (secondary N) is 2. The fraction of sp³-hybridized carbons (Fsp3) is 0.167. The Morgan fingerprint density at radius 3 is 1.97 bits per heavy atom. The molecule has 3 rings (SSSR count). The first-order chi connectivity index (χ1) is 14.3. The number of rotatable bonds is 4. The number of hydrogen-bond acceptors (Lipinski definition) is 4. The number of nitriles is 1. The van der Waals surface area contributed by atoms with E-state index in [9.17, 15) is 9.59 Å². The normalized spacial score (nSPS) is 10.7. The molecule has 30 heavy (non-hydrogen) atoms. The molecule has 2 amide bonds. The molecule has 6 heteroatoms. The fourth-order valence-electron chi connectivity index (χ4n) is 2.80. The van der Waals surface area contributed by atoms with E-state index in [4.69, 9.17) is 5.26 Å². The van der Waals surface area contributed by atoms with E-state index in [1.54, 1.807) is 36.4 Å². The van der Waals surface area contributed by atoms with Crippen molar-refractivity contribution in [1.82, 2.24) is 4.98 Å². The summed E-state index contributed by atoms with van der Waals surface area (Å²) in [6.07, 6.45) is 0. The van der Waals surface area contributed by atoms with Gasteiger partial charge in [0.05, 0.1) is 11.6 Å². The second-order valence-electron chi connectivity index (χ2n) is 7.84. The Balaban J connectivity index is 1.72. The molecule has 0 saturated heterocycles. The summed E-state index contributed by atoms with van der Waals surface area (Å²) in [7, 11) is 0. The molecule has 0 bridgehead atoms. The lowest BCUT2D eigenvalue weighted by Crippen LogP contribution is -2.18. The molecule has 1 aromatic heterocycles. The smallest absolute Gasteiger partial charge is 0.274 e. The summed E-state index contributed by atoms with van der Waals surface area (Å²) in [5.41, 5.74) is 3.00. The zero-order chi connectivity index (χ0) is 21.7. The maximum absolute atomic E-state index is 12.6. The largest absolute Gasteiger partial charge is 0.321 e. The maximum atomic E-state index is 12.6. The number of amides is 2. The predicted octanol–water partition coefficient (Wildman–Crippen LogP) is 4.76. The van der Waals surface area contributed by atoms with Gasteiger partial charge in [0.15, 0.2) is 0 Å². The minimum absolute atomic E-state index is 0.0263. The number of hydrogen-bond donors (Lipinski definition) is 2. The van der Waals surface area contributed by atoms with Crippen molar-refractivity contribution in [1.29, 1.82) is 5.26 Å². The highest BCUT2D eigenvalue weighted by atomic mass is 16.2. The standard InChI is InChI=1S/C24H22N4O2/c1-24(2,3)17-10-12-18(13-11-17)26-22(29)20-8-5-9-21(28-20)23(30)27-19-7-4-6-16(14-19)15-25/h4-14H,1-3H3,(H,26,29)(H,27,30). The van der Waals surface area contributed by atoms with E-state index in [0.717, 1.165) is 5.56 Å². The molecule has 0 aliphatic heterocycles. The van der Waals surface area contributed by atoms with E-state index in [1.165, 1.54) is 6.07 Å². The van der Waals surface area contributed by atoms with Gasteiger partial charge in [-0.2, -0.15) is 5.26 Å². The Kier molecular flexibility index (Phi) is 5.93. The summed E-state index contributed by atoms with van der Waals surface area (Å²) < 4.78 is 0. The number of anilines is 2. The van der Waals surface area contributed by atoms with Crippen molar-refractivity contribution in [2.75, 3.05) is 10.6 Å². The van der Waals surface area contributed by atoms with Crippen LogP contribution in [-0.2, 0) is 5.41 Å². The van der Waals surface area contributed by atoms with Crippen molar-refractivity contribution >= 4 is 23.2 Å². The highest BCUT2D eigenvalue weighted by Crippen LogP contribution is 2.23. The summed E-state index contributed by atoms with van der Waals surface area (Å²) in [6.45, 7) is 6.37. The van der Waals surface area contributed by atoms with Crippen molar-refractivity contribution in [2.24, 2.45) is 0 Å². The number of pyridine rings is 1. The van der Waals surface area contributed by atoms with Gasteiger partial charge in [-0.05, 0) is 53.4 Å². The van der Waals surface area contributed by atoms with Crippen LogP contribution in [0.2, 0.25) is 0 Å². The number of benzene rings is 2. The zero-order valence-electron chi connectivity index (χ0n) is 17.1. The average Bonchev–Trinajstić information content (AvgIpc) is 2.73. The van der Waals surface area contributed by atoms with Crippen LogP contribution in [0.1, 0.15) is 52.9 Å². The van der Waals surface area contributed by atoms with Crippen molar-refractivity contribution < 1.29 is 9.59 Å². The molecule has 0 aliphatic carbocycles. The van der Waals surface area contributed by atoms with Gasteiger partial charge < -0.3 is 10.6 Å². The molecule has 150 valence electrons. The lowest BCUT2D eigenvalue weighted by Gasteiger charge is -2.19. The summed E-state index contributed by atoms with van der Waals surface area (Å²) in [5, 5.41) is 14.5. The summed E-state index contributed by atoms with van der Waals surface area (Å²) in [4.78, 5) is 29.2. The zero-order valence-corrected chi connectivity index (χ0v) is 17.1. The van der Waals surface area contributed by atoms with Crippen LogP contribution in [0.4, 0.5) is 11.4 Å². The minimum atomic E-state index is -0.464. The highest BCUT2D eigenvalue weighted by Gasteiger charge is 2.15. The van der Waals surface area contributed by atoms with E-state index in [2.05, 4.69) is 36.4 Å². The summed E-state index contributed by atoms with van der Waals surface area (Å²) in [5.74, 6) is -0.867. The van der Waals surface area contributed by atoms with Crippen LogP contribution in [0, 0.1) is 11.3 Å². The molecule has 0 aliphatic rings. The third kappa shape index (κ3) is 5.09. The van der Waals surface area contributed by atoms with Gasteiger partial charge >= 0.3 is 0 Å². The highest BCUT2D eigenvalue weighted by molar-refractivity contribution is 6.06. The van der Waals surface area contributed by atoms with Crippen LogP contribution in [0.5, 0.6) is 0 Å². The van der Waals surface area contributed by atoms with Gasteiger partial charge in [0.1, 0.15) is 11.4 Å².